The highest BCUT2D eigenvalue weighted by atomic mass is 35.5. The lowest BCUT2D eigenvalue weighted by Crippen LogP contribution is -2.46. The molecule has 3 N–H and O–H groups in total. The molecule has 4 aromatic rings. The van der Waals surface area contributed by atoms with Gasteiger partial charge in [-0.15, -0.1) is 0 Å². The van der Waals surface area contributed by atoms with E-state index in [2.05, 4.69) is 17.5 Å². The number of aromatic nitrogens is 1. The number of para-hydroxylation sites is 1. The lowest BCUT2D eigenvalue weighted by molar-refractivity contribution is -0.672. The molecule has 1 amide bonds. The molecule has 1 aliphatic rings. The number of thiazole rings is 1. The van der Waals surface area contributed by atoms with E-state index < -0.39 is 22.1 Å². The number of hydrogen-bond acceptors (Lipinski definition) is 8. The number of allylic oxidation sites excluding steroid dienone is 2. The molecule has 264 valence electrons. The molecule has 50 heavy (non-hydrogen) atoms. The molecule has 15 heteroatoms. The van der Waals surface area contributed by atoms with Crippen molar-refractivity contribution < 1.29 is 32.2 Å². The number of halogens is 2. The molecule has 0 radical (unpaired) electrons. The van der Waals surface area contributed by atoms with Gasteiger partial charge in [0.25, 0.3) is 15.1 Å². The molecule has 1 aliphatic heterocycles. The van der Waals surface area contributed by atoms with E-state index in [1.54, 1.807) is 34.9 Å². The van der Waals surface area contributed by atoms with Gasteiger partial charge < -0.3 is 20.2 Å². The van der Waals surface area contributed by atoms with Crippen molar-refractivity contribution in [3.8, 4) is 0 Å². The second-order valence-electron chi connectivity index (χ2n) is 11.6. The Bertz CT molecular complexity index is 2050. The van der Waals surface area contributed by atoms with Crippen molar-refractivity contribution in [1.82, 2.24) is 5.32 Å². The summed E-state index contributed by atoms with van der Waals surface area (Å²) in [5.74, 6) is -1.56. The fourth-order valence-electron chi connectivity index (χ4n) is 5.50. The van der Waals surface area contributed by atoms with E-state index in [1.807, 2.05) is 83.1 Å². The summed E-state index contributed by atoms with van der Waals surface area (Å²) in [6.07, 6.45) is 5.12. The Morgan fingerprint density at radius 3 is 2.50 bits per heavy atom. The molecular weight excluding hydrogens is 740 g/mol. The van der Waals surface area contributed by atoms with Gasteiger partial charge in [-0.05, 0) is 73.9 Å². The maximum atomic E-state index is 13.2. The van der Waals surface area contributed by atoms with Gasteiger partial charge in [0.2, 0.25) is 18.1 Å². The highest BCUT2D eigenvalue weighted by molar-refractivity contribution is 8.03. The Hall–Kier alpha value is -3.59. The maximum Gasteiger partial charge on any atom is 0.326 e. The van der Waals surface area contributed by atoms with Crippen LogP contribution in [0.2, 0.25) is 10.0 Å². The number of nitrogens with one attached hydrogen (secondary N) is 1. The third kappa shape index (κ3) is 9.59. The van der Waals surface area contributed by atoms with E-state index in [0.29, 0.717) is 23.0 Å². The van der Waals surface area contributed by atoms with Gasteiger partial charge in [0, 0.05) is 52.3 Å². The summed E-state index contributed by atoms with van der Waals surface area (Å²) in [6, 6.07) is 19.6. The Morgan fingerprint density at radius 2 is 1.80 bits per heavy atom. The van der Waals surface area contributed by atoms with Crippen LogP contribution >= 0.6 is 46.3 Å². The number of anilines is 2. The van der Waals surface area contributed by atoms with Crippen LogP contribution in [0.25, 0.3) is 16.3 Å². The van der Waals surface area contributed by atoms with Crippen LogP contribution in [0.4, 0.5) is 11.4 Å². The van der Waals surface area contributed by atoms with E-state index >= 15 is 0 Å². The SMILES string of the molecule is CCC(/C=C1\Sc2ccc(Cl)cc2N1CCCS(=O)(=O)O)=C\c1sc2ccc(Cl)cc2[n+]1CNC(=O)CCN(c1ccccc1)C(C)C(=O)O. The smallest absolute Gasteiger partial charge is 0.326 e. The zero-order valence-electron chi connectivity index (χ0n) is 27.4. The number of thioether (sulfide) groups is 1. The van der Waals surface area contributed by atoms with Gasteiger partial charge in [0.05, 0.1) is 16.5 Å². The summed E-state index contributed by atoms with van der Waals surface area (Å²) < 4.78 is 35.2. The third-order valence-corrected chi connectivity index (χ3v) is 11.6. The Labute approximate surface area is 309 Å². The summed E-state index contributed by atoms with van der Waals surface area (Å²) in [4.78, 5) is 29.7. The molecule has 5 rings (SSSR count). The van der Waals surface area contributed by atoms with Crippen LogP contribution in [0.1, 0.15) is 38.1 Å². The molecule has 0 fully saturated rings. The van der Waals surface area contributed by atoms with Gasteiger partial charge in [-0.25, -0.2) is 4.79 Å². The largest absolute Gasteiger partial charge is 0.480 e. The van der Waals surface area contributed by atoms with Gasteiger partial charge in [0.1, 0.15) is 10.7 Å². The van der Waals surface area contributed by atoms with Crippen LogP contribution in [0.15, 0.2) is 88.3 Å². The zero-order valence-corrected chi connectivity index (χ0v) is 31.3. The predicted octanol–water partition coefficient (Wildman–Crippen LogP) is 7.46. The van der Waals surface area contributed by atoms with Crippen LogP contribution in [0.3, 0.4) is 0 Å². The van der Waals surface area contributed by atoms with Crippen molar-refractivity contribution in [2.75, 3.05) is 28.6 Å². The molecule has 10 nitrogen and oxygen atoms in total. The van der Waals surface area contributed by atoms with E-state index in [1.165, 1.54) is 0 Å². The number of carboxylic acid groups (broad SMARTS) is 1. The van der Waals surface area contributed by atoms with E-state index in [4.69, 9.17) is 23.2 Å². The maximum absolute atomic E-state index is 13.2. The standard InChI is InChI=1S/C35H36Cl2N4O6S3/c1-3-24(18-33-40(15-7-17-50(45,46)47)28-20-25(36)10-12-30(28)48-33)19-34-41(29-21-26(37)11-13-31(29)49-34)22-38-32(42)14-16-39(23(2)35(43)44)27-8-5-4-6-9-27/h4-6,8-13,18-21,23H,3,7,14-17,22H2,1-2H3,(H2-,38,42,43,44,45,46,47)/p+1. The number of carbonyl (C=O) groups excluding carboxylic acids is 1. The Morgan fingerprint density at radius 1 is 1.08 bits per heavy atom. The first kappa shape index (κ1) is 37.7. The van der Waals surface area contributed by atoms with Gasteiger partial charge in [-0.2, -0.15) is 13.0 Å². The van der Waals surface area contributed by atoms with Crippen LogP contribution in [-0.2, 0) is 26.4 Å². The minimum absolute atomic E-state index is 0.0859. The lowest BCUT2D eigenvalue weighted by atomic mass is 10.2. The molecule has 0 saturated carbocycles. The number of nitrogens with zero attached hydrogens (tertiary/aromatic N) is 3. The van der Waals surface area contributed by atoms with Gasteiger partial charge in [-0.3, -0.25) is 9.35 Å². The number of carbonyl (C=O) groups is 2. The molecule has 2 heterocycles. The summed E-state index contributed by atoms with van der Waals surface area (Å²) in [5.41, 5.74) is 3.44. The quantitative estimate of drug-likeness (QED) is 0.0832. The third-order valence-electron chi connectivity index (χ3n) is 8.12. The van der Waals surface area contributed by atoms with Crippen molar-refractivity contribution in [1.29, 1.82) is 0 Å². The fourth-order valence-corrected chi connectivity index (χ4v) is 8.59. The molecular formula is C35H37Cl2N4O6S3+. The minimum Gasteiger partial charge on any atom is -0.480 e. The molecule has 3 aromatic carbocycles. The fraction of sp³-hybridized carbons (Fsp3) is 0.286. The zero-order chi connectivity index (χ0) is 36.0. The molecule has 0 saturated heterocycles. The predicted molar refractivity (Wildman–Crippen MR) is 203 cm³/mol. The average Bonchev–Trinajstić information content (AvgIpc) is 3.59. The Balaban J connectivity index is 1.39. The molecule has 0 aliphatic carbocycles. The summed E-state index contributed by atoms with van der Waals surface area (Å²) in [7, 11) is -4.10. The van der Waals surface area contributed by atoms with Crippen LogP contribution in [0.5, 0.6) is 0 Å². The number of amides is 1. The molecule has 1 aromatic heterocycles. The summed E-state index contributed by atoms with van der Waals surface area (Å²) in [6.45, 7) is 4.39. The number of fused-ring (bicyclic) bond motifs is 2. The first-order chi connectivity index (χ1) is 23.8. The molecule has 0 bridgehead atoms. The highest BCUT2D eigenvalue weighted by Crippen LogP contribution is 2.47. The normalized spacial score (nSPS) is 14.6. The van der Waals surface area contributed by atoms with Crippen molar-refractivity contribution in [3.05, 3.63) is 98.5 Å². The Kier molecular flexibility index (Phi) is 12.5. The number of aliphatic carboxylic acids is 1. The number of hydrogen-bond donors (Lipinski definition) is 3. The van der Waals surface area contributed by atoms with Crippen molar-refractivity contribution >= 4 is 96.0 Å². The topological polar surface area (TPSA) is 131 Å². The lowest BCUT2D eigenvalue weighted by Gasteiger charge is -2.28. The second-order valence-corrected chi connectivity index (χ2v) is 16.2. The second kappa shape index (κ2) is 16.6. The summed E-state index contributed by atoms with van der Waals surface area (Å²) in [5, 5.41) is 15.6. The van der Waals surface area contributed by atoms with Crippen LogP contribution < -0.4 is 19.7 Å². The minimum atomic E-state index is -4.10. The number of carboxylic acids is 1. The highest BCUT2D eigenvalue weighted by Gasteiger charge is 2.27. The van der Waals surface area contributed by atoms with Gasteiger partial charge in [0.15, 0.2) is 0 Å². The van der Waals surface area contributed by atoms with Crippen LogP contribution in [-0.4, -0.2) is 54.8 Å². The van der Waals surface area contributed by atoms with Gasteiger partial charge >= 0.3 is 5.97 Å². The number of benzene rings is 3. The molecule has 1 unspecified atom stereocenters. The van der Waals surface area contributed by atoms with Crippen LogP contribution in [0, 0.1) is 0 Å². The summed E-state index contributed by atoms with van der Waals surface area (Å²) >= 11 is 15.8. The van der Waals surface area contributed by atoms with E-state index in [9.17, 15) is 27.7 Å². The monoisotopic (exact) mass is 775 g/mol. The van der Waals surface area contributed by atoms with Crippen molar-refractivity contribution in [2.45, 2.75) is 50.7 Å². The van der Waals surface area contributed by atoms with Gasteiger partial charge in [-0.1, -0.05) is 71.4 Å². The molecule has 1 atom stereocenters. The van der Waals surface area contributed by atoms with Crippen molar-refractivity contribution in [2.24, 2.45) is 0 Å². The first-order valence-electron chi connectivity index (χ1n) is 15.9. The molecule has 0 spiro atoms. The average molecular weight is 777 g/mol. The number of rotatable bonds is 15. The van der Waals surface area contributed by atoms with E-state index in [-0.39, 0.29) is 37.7 Å². The first-order valence-corrected chi connectivity index (χ1v) is 19.9. The van der Waals surface area contributed by atoms with Crippen molar-refractivity contribution in [3.63, 3.8) is 0 Å². The van der Waals surface area contributed by atoms with E-state index in [0.717, 1.165) is 42.1 Å².